The Morgan fingerprint density at radius 1 is 1.25 bits per heavy atom. The van der Waals surface area contributed by atoms with Crippen LogP contribution in [0.5, 0.6) is 11.5 Å². The van der Waals surface area contributed by atoms with Gasteiger partial charge in [0.1, 0.15) is 5.75 Å². The molecule has 0 atom stereocenters. The molecule has 6 nitrogen and oxygen atoms in total. The third kappa shape index (κ3) is 3.31. The summed E-state index contributed by atoms with van der Waals surface area (Å²) < 4.78 is 5.13. The Bertz CT molecular complexity index is 875. The van der Waals surface area contributed by atoms with Crippen LogP contribution < -0.4 is 15.2 Å². The molecule has 0 amide bonds. The summed E-state index contributed by atoms with van der Waals surface area (Å²) in [6.45, 7) is 0. The molecule has 0 spiro atoms. The van der Waals surface area contributed by atoms with Crippen molar-refractivity contribution < 1.29 is 19.7 Å². The Balaban J connectivity index is 1.81. The summed E-state index contributed by atoms with van der Waals surface area (Å²) >= 11 is 1.39. The number of ether oxygens (including phenoxy) is 1. The minimum absolute atomic E-state index is 0.271. The number of hydrogen-bond donors (Lipinski definition) is 2. The molecule has 122 valence electrons. The lowest BCUT2D eigenvalue weighted by Crippen LogP contribution is -2.04. The number of hydrogen-bond acceptors (Lipinski definition) is 6. The molecule has 0 aliphatic carbocycles. The van der Waals surface area contributed by atoms with Crippen LogP contribution in [0.1, 0.15) is 10.4 Å². The number of thiazole rings is 1. The van der Waals surface area contributed by atoms with Crippen LogP contribution in [0, 0.1) is 0 Å². The Labute approximate surface area is 142 Å². The van der Waals surface area contributed by atoms with E-state index in [1.165, 1.54) is 29.5 Å². The molecule has 24 heavy (non-hydrogen) atoms. The van der Waals surface area contributed by atoms with Gasteiger partial charge < -0.3 is 20.3 Å². The minimum Gasteiger partial charge on any atom is -0.872 e. The van der Waals surface area contributed by atoms with Crippen LogP contribution in [0.2, 0.25) is 0 Å². The normalized spacial score (nSPS) is 10.4. The molecule has 1 heterocycles. The first-order chi connectivity index (χ1) is 11.6. The summed E-state index contributed by atoms with van der Waals surface area (Å²) in [7, 11) is 1.61. The van der Waals surface area contributed by atoms with Crippen LogP contribution in [0.3, 0.4) is 0 Å². The van der Waals surface area contributed by atoms with Gasteiger partial charge in [-0.1, -0.05) is 11.8 Å². The number of benzene rings is 2. The Kier molecular flexibility index (Phi) is 4.35. The number of aromatic carboxylic acids is 1. The Morgan fingerprint density at radius 3 is 2.67 bits per heavy atom. The fourth-order valence-corrected chi connectivity index (χ4v) is 2.86. The molecule has 7 heteroatoms. The molecule has 0 saturated heterocycles. The maximum absolute atomic E-state index is 11.5. The summed E-state index contributed by atoms with van der Waals surface area (Å²) in [5, 5.41) is 26.0. The predicted octanol–water partition coefficient (Wildman–Crippen LogP) is 3.33. The van der Waals surface area contributed by atoms with Crippen molar-refractivity contribution in [2.45, 2.75) is 0 Å². The SMILES string of the molecule is COc1ccc(-c2csc(Nc3ccc([O-])c(C(=O)O)c3)n2)cc1. The number of rotatable bonds is 5. The van der Waals surface area contributed by atoms with Crippen LogP contribution in [-0.2, 0) is 0 Å². The van der Waals surface area contributed by atoms with Gasteiger partial charge in [0.05, 0.1) is 18.4 Å². The zero-order valence-electron chi connectivity index (χ0n) is 12.6. The van der Waals surface area contributed by atoms with E-state index in [-0.39, 0.29) is 5.56 Å². The number of aromatic nitrogens is 1. The van der Waals surface area contributed by atoms with Crippen molar-refractivity contribution in [3.63, 3.8) is 0 Å². The van der Waals surface area contributed by atoms with Gasteiger partial charge in [-0.15, -0.1) is 11.3 Å². The van der Waals surface area contributed by atoms with Gasteiger partial charge in [0.15, 0.2) is 5.13 Å². The predicted molar refractivity (Wildman–Crippen MR) is 90.2 cm³/mol. The van der Waals surface area contributed by atoms with E-state index in [1.807, 2.05) is 29.6 Å². The van der Waals surface area contributed by atoms with Crippen molar-refractivity contribution >= 4 is 28.1 Å². The Morgan fingerprint density at radius 2 is 2.00 bits per heavy atom. The maximum Gasteiger partial charge on any atom is 0.335 e. The van der Waals surface area contributed by atoms with E-state index in [4.69, 9.17) is 9.84 Å². The van der Waals surface area contributed by atoms with E-state index in [2.05, 4.69) is 10.3 Å². The average molecular weight is 341 g/mol. The molecule has 0 radical (unpaired) electrons. The lowest BCUT2D eigenvalue weighted by Gasteiger charge is -2.11. The third-order valence-corrected chi connectivity index (χ3v) is 4.11. The highest BCUT2D eigenvalue weighted by molar-refractivity contribution is 7.14. The molecule has 0 aliphatic rings. The van der Waals surface area contributed by atoms with Crippen molar-refractivity contribution in [2.75, 3.05) is 12.4 Å². The number of nitrogens with one attached hydrogen (secondary N) is 1. The standard InChI is InChI=1S/C17H14N2O4S/c1-23-12-5-2-10(3-6-12)14-9-24-17(19-14)18-11-4-7-15(20)13(8-11)16(21)22/h2-9,20H,1H3,(H,18,19)(H,21,22)/p-1. The molecule has 0 fully saturated rings. The topological polar surface area (TPSA) is 94.5 Å². The lowest BCUT2D eigenvalue weighted by molar-refractivity contribution is -0.268. The number of nitrogens with zero attached hydrogens (tertiary/aromatic N) is 1. The minimum atomic E-state index is -1.25. The monoisotopic (exact) mass is 341 g/mol. The summed E-state index contributed by atoms with van der Waals surface area (Å²) in [4.78, 5) is 15.5. The lowest BCUT2D eigenvalue weighted by atomic mass is 10.2. The van der Waals surface area contributed by atoms with Crippen molar-refractivity contribution in [2.24, 2.45) is 0 Å². The van der Waals surface area contributed by atoms with Crippen LogP contribution in [0.25, 0.3) is 11.3 Å². The molecule has 1 aromatic heterocycles. The molecule has 2 N–H and O–H groups in total. The van der Waals surface area contributed by atoms with E-state index >= 15 is 0 Å². The van der Waals surface area contributed by atoms with Gasteiger partial charge in [-0.25, -0.2) is 9.78 Å². The van der Waals surface area contributed by atoms with E-state index in [0.717, 1.165) is 17.0 Å². The first-order valence-electron chi connectivity index (χ1n) is 6.98. The molecule has 3 rings (SSSR count). The van der Waals surface area contributed by atoms with Gasteiger partial charge in [-0.05, 0) is 36.4 Å². The van der Waals surface area contributed by atoms with E-state index < -0.39 is 11.7 Å². The molecule has 2 aromatic carbocycles. The second-order valence-electron chi connectivity index (χ2n) is 4.91. The van der Waals surface area contributed by atoms with E-state index in [9.17, 15) is 9.90 Å². The van der Waals surface area contributed by atoms with Gasteiger partial charge >= 0.3 is 5.97 Å². The molecular formula is C17H13N2O4S-. The molecular weight excluding hydrogens is 328 g/mol. The quantitative estimate of drug-likeness (QED) is 0.739. The summed E-state index contributed by atoms with van der Waals surface area (Å²) in [5.74, 6) is -1.00. The second-order valence-corrected chi connectivity index (χ2v) is 5.77. The fourth-order valence-electron chi connectivity index (χ4n) is 2.12. The molecule has 0 aliphatic heterocycles. The van der Waals surface area contributed by atoms with Gasteiger partial charge in [-0.3, -0.25) is 0 Å². The number of carboxylic acid groups (broad SMARTS) is 1. The van der Waals surface area contributed by atoms with Crippen LogP contribution >= 0.6 is 11.3 Å². The Hall–Kier alpha value is -3.06. The second kappa shape index (κ2) is 6.59. The largest absolute Gasteiger partial charge is 0.872 e. The fraction of sp³-hybridized carbons (Fsp3) is 0.0588. The highest BCUT2D eigenvalue weighted by Gasteiger charge is 2.08. The average Bonchev–Trinajstić information content (AvgIpc) is 3.05. The number of methoxy groups -OCH3 is 1. The van der Waals surface area contributed by atoms with Crippen molar-refractivity contribution in [3.8, 4) is 22.8 Å². The number of carboxylic acids is 1. The molecule has 0 bridgehead atoms. The maximum atomic E-state index is 11.5. The highest BCUT2D eigenvalue weighted by Crippen LogP contribution is 2.29. The first-order valence-corrected chi connectivity index (χ1v) is 7.86. The zero-order chi connectivity index (χ0) is 17.1. The van der Waals surface area contributed by atoms with Gasteiger partial charge in [0, 0.05) is 16.6 Å². The molecule has 0 unspecified atom stereocenters. The summed E-state index contributed by atoms with van der Waals surface area (Å²) in [5.41, 5.74) is 1.97. The summed E-state index contributed by atoms with van der Waals surface area (Å²) in [6.07, 6.45) is 0. The zero-order valence-corrected chi connectivity index (χ0v) is 13.5. The number of anilines is 2. The van der Waals surface area contributed by atoms with Gasteiger partial charge in [0.2, 0.25) is 0 Å². The number of carbonyl (C=O) groups is 1. The highest BCUT2D eigenvalue weighted by atomic mass is 32.1. The third-order valence-electron chi connectivity index (χ3n) is 3.35. The van der Waals surface area contributed by atoms with Crippen molar-refractivity contribution in [1.82, 2.24) is 4.98 Å². The molecule has 3 aromatic rings. The van der Waals surface area contributed by atoms with E-state index in [1.54, 1.807) is 7.11 Å². The van der Waals surface area contributed by atoms with Gasteiger partial charge in [0.25, 0.3) is 0 Å². The molecule has 0 saturated carbocycles. The van der Waals surface area contributed by atoms with Crippen molar-refractivity contribution in [1.29, 1.82) is 0 Å². The van der Waals surface area contributed by atoms with Crippen molar-refractivity contribution in [3.05, 3.63) is 53.4 Å². The van der Waals surface area contributed by atoms with E-state index in [0.29, 0.717) is 10.8 Å². The van der Waals surface area contributed by atoms with Crippen LogP contribution in [-0.4, -0.2) is 23.2 Å². The summed E-state index contributed by atoms with van der Waals surface area (Å²) in [6, 6.07) is 11.6. The van der Waals surface area contributed by atoms with Crippen LogP contribution in [0.4, 0.5) is 10.8 Å². The van der Waals surface area contributed by atoms with Crippen LogP contribution in [0.15, 0.2) is 47.8 Å². The van der Waals surface area contributed by atoms with Gasteiger partial charge in [-0.2, -0.15) is 0 Å². The smallest absolute Gasteiger partial charge is 0.335 e. The first kappa shape index (κ1) is 15.8.